The summed E-state index contributed by atoms with van der Waals surface area (Å²) in [5.74, 6) is 0. The summed E-state index contributed by atoms with van der Waals surface area (Å²) in [7, 11) is 0. The summed E-state index contributed by atoms with van der Waals surface area (Å²) < 4.78 is 0. The second-order valence-corrected chi connectivity index (χ2v) is 5.17. The molecule has 1 aliphatic rings. The molecule has 1 aliphatic heterocycles. The Morgan fingerprint density at radius 2 is 2.06 bits per heavy atom. The third kappa shape index (κ3) is 2.45. The van der Waals surface area contributed by atoms with Crippen LogP contribution in [0, 0.1) is 6.92 Å². The van der Waals surface area contributed by atoms with Crippen molar-refractivity contribution < 1.29 is 0 Å². The molecule has 1 saturated heterocycles. The number of nitrogens with zero attached hydrogens (tertiary/aromatic N) is 1. The molecule has 4 heteroatoms. The van der Waals surface area contributed by atoms with E-state index in [1.807, 2.05) is 19.1 Å². The van der Waals surface area contributed by atoms with Crippen molar-refractivity contribution in [1.82, 2.24) is 5.32 Å². The first kappa shape index (κ1) is 12.0. The lowest BCUT2D eigenvalue weighted by Crippen LogP contribution is -2.49. The van der Waals surface area contributed by atoms with Crippen LogP contribution in [0.3, 0.4) is 0 Å². The van der Waals surface area contributed by atoms with Crippen molar-refractivity contribution >= 4 is 28.9 Å². The van der Waals surface area contributed by atoms with Crippen molar-refractivity contribution in [2.24, 2.45) is 0 Å². The number of nitrogens with one attached hydrogen (secondary N) is 1. The quantitative estimate of drug-likeness (QED) is 0.833. The van der Waals surface area contributed by atoms with Crippen LogP contribution in [-0.4, -0.2) is 25.7 Å². The molecule has 1 aromatic rings. The average Bonchev–Trinajstić information content (AvgIpc) is 2.23. The number of rotatable bonds is 1. The fraction of sp³-hybridized carbons (Fsp3) is 0.500. The van der Waals surface area contributed by atoms with Gasteiger partial charge < -0.3 is 10.2 Å². The molecule has 0 amide bonds. The van der Waals surface area contributed by atoms with Gasteiger partial charge in [0.25, 0.3) is 0 Å². The Hall–Kier alpha value is -0.440. The molecule has 1 heterocycles. The lowest BCUT2D eigenvalue weighted by atomic mass is 10.1. The fourth-order valence-corrected chi connectivity index (χ4v) is 2.52. The van der Waals surface area contributed by atoms with Crippen LogP contribution >= 0.6 is 23.2 Å². The molecule has 1 unspecified atom stereocenters. The highest BCUT2D eigenvalue weighted by Gasteiger charge is 2.18. The van der Waals surface area contributed by atoms with Crippen LogP contribution in [0.1, 0.15) is 12.5 Å². The van der Waals surface area contributed by atoms with Crippen molar-refractivity contribution in [2.45, 2.75) is 19.9 Å². The zero-order valence-electron chi connectivity index (χ0n) is 9.56. The largest absolute Gasteiger partial charge is 0.367 e. The highest BCUT2D eigenvalue weighted by Crippen LogP contribution is 2.32. The molecule has 0 radical (unpaired) electrons. The molecule has 0 saturated carbocycles. The van der Waals surface area contributed by atoms with E-state index in [-0.39, 0.29) is 0 Å². The molecule has 0 aromatic heterocycles. The van der Waals surface area contributed by atoms with Gasteiger partial charge in [-0.15, -0.1) is 0 Å². The topological polar surface area (TPSA) is 15.3 Å². The minimum atomic E-state index is 0.491. The van der Waals surface area contributed by atoms with Gasteiger partial charge in [0.2, 0.25) is 0 Å². The van der Waals surface area contributed by atoms with Crippen LogP contribution in [0.4, 0.5) is 5.69 Å². The Kier molecular flexibility index (Phi) is 3.63. The molecule has 16 heavy (non-hydrogen) atoms. The Bertz CT molecular complexity index is 393. The highest BCUT2D eigenvalue weighted by molar-refractivity contribution is 6.35. The molecule has 0 spiro atoms. The van der Waals surface area contributed by atoms with Crippen LogP contribution in [0.2, 0.25) is 10.0 Å². The van der Waals surface area contributed by atoms with Gasteiger partial charge >= 0.3 is 0 Å². The van der Waals surface area contributed by atoms with E-state index < -0.39 is 0 Å². The van der Waals surface area contributed by atoms with Crippen LogP contribution in [0.25, 0.3) is 0 Å². The van der Waals surface area contributed by atoms with Gasteiger partial charge in [0, 0.05) is 30.7 Å². The second-order valence-electron chi connectivity index (χ2n) is 4.35. The number of halogens is 2. The minimum absolute atomic E-state index is 0.491. The first-order valence-electron chi connectivity index (χ1n) is 5.52. The van der Waals surface area contributed by atoms with Gasteiger partial charge in [-0.1, -0.05) is 23.2 Å². The Morgan fingerprint density at radius 1 is 1.31 bits per heavy atom. The summed E-state index contributed by atoms with van der Waals surface area (Å²) >= 11 is 12.4. The maximum Gasteiger partial charge on any atom is 0.0643 e. The zero-order valence-corrected chi connectivity index (χ0v) is 11.1. The minimum Gasteiger partial charge on any atom is -0.367 e. The molecular weight excluding hydrogens is 243 g/mol. The van der Waals surface area contributed by atoms with Gasteiger partial charge in [-0.25, -0.2) is 0 Å². The van der Waals surface area contributed by atoms with E-state index >= 15 is 0 Å². The molecule has 0 bridgehead atoms. The number of hydrogen-bond acceptors (Lipinski definition) is 2. The van der Waals surface area contributed by atoms with E-state index in [4.69, 9.17) is 23.2 Å². The zero-order chi connectivity index (χ0) is 11.7. The number of piperazine rings is 1. The molecule has 1 fully saturated rings. The summed E-state index contributed by atoms with van der Waals surface area (Å²) in [6.45, 7) is 7.08. The summed E-state index contributed by atoms with van der Waals surface area (Å²) in [5.41, 5.74) is 2.07. The SMILES string of the molecule is Cc1cc(Cl)c(N2CCNC(C)C2)cc1Cl. The molecule has 0 aliphatic carbocycles. The van der Waals surface area contributed by atoms with Crippen molar-refractivity contribution in [3.05, 3.63) is 27.7 Å². The molecule has 88 valence electrons. The van der Waals surface area contributed by atoms with Crippen molar-refractivity contribution in [1.29, 1.82) is 0 Å². The van der Waals surface area contributed by atoms with Gasteiger partial charge in [-0.3, -0.25) is 0 Å². The summed E-state index contributed by atoms with van der Waals surface area (Å²) in [4.78, 5) is 2.29. The molecule has 2 nitrogen and oxygen atoms in total. The lowest BCUT2D eigenvalue weighted by Gasteiger charge is -2.34. The van der Waals surface area contributed by atoms with Crippen molar-refractivity contribution in [3.63, 3.8) is 0 Å². The standard InChI is InChI=1S/C12H16Cl2N2/c1-8-5-11(14)12(6-10(8)13)16-4-3-15-9(2)7-16/h5-6,9,15H,3-4,7H2,1-2H3. The summed E-state index contributed by atoms with van der Waals surface area (Å²) in [5, 5.41) is 4.98. The molecule has 1 N–H and O–H groups in total. The van der Waals surface area contributed by atoms with Crippen molar-refractivity contribution in [2.75, 3.05) is 24.5 Å². The molecule has 1 atom stereocenters. The lowest BCUT2D eigenvalue weighted by molar-refractivity contribution is 0.485. The van der Waals surface area contributed by atoms with Gasteiger partial charge in [0.1, 0.15) is 0 Å². The predicted molar refractivity (Wildman–Crippen MR) is 70.9 cm³/mol. The van der Waals surface area contributed by atoms with Gasteiger partial charge in [-0.05, 0) is 31.5 Å². The normalized spacial score (nSPS) is 21.2. The third-order valence-corrected chi connectivity index (χ3v) is 3.65. The smallest absolute Gasteiger partial charge is 0.0643 e. The van der Waals surface area contributed by atoms with Crippen molar-refractivity contribution in [3.8, 4) is 0 Å². The fourth-order valence-electron chi connectivity index (χ4n) is 2.03. The highest BCUT2D eigenvalue weighted by atomic mass is 35.5. The van der Waals surface area contributed by atoms with E-state index in [1.54, 1.807) is 0 Å². The van der Waals surface area contributed by atoms with Gasteiger partial charge in [0.15, 0.2) is 0 Å². The van der Waals surface area contributed by atoms with Crippen LogP contribution in [0.15, 0.2) is 12.1 Å². The molecule has 1 aromatic carbocycles. The Labute approximate surface area is 107 Å². The first-order valence-corrected chi connectivity index (χ1v) is 6.27. The first-order chi connectivity index (χ1) is 7.58. The van der Waals surface area contributed by atoms with Crippen LogP contribution in [0.5, 0.6) is 0 Å². The second kappa shape index (κ2) is 4.82. The molecule has 2 rings (SSSR count). The monoisotopic (exact) mass is 258 g/mol. The maximum atomic E-state index is 6.26. The van der Waals surface area contributed by atoms with Gasteiger partial charge in [-0.2, -0.15) is 0 Å². The maximum absolute atomic E-state index is 6.26. The predicted octanol–water partition coefficient (Wildman–Crippen LogP) is 3.10. The van der Waals surface area contributed by atoms with Crippen LogP contribution < -0.4 is 10.2 Å². The van der Waals surface area contributed by atoms with E-state index in [0.717, 1.165) is 40.9 Å². The van der Waals surface area contributed by atoms with Gasteiger partial charge in [0.05, 0.1) is 10.7 Å². The molecular formula is C12H16Cl2N2. The summed E-state index contributed by atoms with van der Waals surface area (Å²) in [6, 6.07) is 4.40. The number of hydrogen-bond donors (Lipinski definition) is 1. The van der Waals surface area contributed by atoms with Crippen LogP contribution in [-0.2, 0) is 0 Å². The van der Waals surface area contributed by atoms with E-state index in [0.29, 0.717) is 6.04 Å². The Morgan fingerprint density at radius 3 is 2.75 bits per heavy atom. The average molecular weight is 259 g/mol. The van der Waals surface area contributed by atoms with E-state index in [1.165, 1.54) is 0 Å². The van der Waals surface area contributed by atoms with E-state index in [9.17, 15) is 0 Å². The van der Waals surface area contributed by atoms with E-state index in [2.05, 4.69) is 17.1 Å². The summed E-state index contributed by atoms with van der Waals surface area (Å²) in [6.07, 6.45) is 0. The third-order valence-electron chi connectivity index (χ3n) is 2.94. The number of benzene rings is 1. The number of anilines is 1. The Balaban J connectivity index is 2.29. The number of aryl methyl sites for hydroxylation is 1.